The maximum absolute atomic E-state index is 13.1. The van der Waals surface area contributed by atoms with Crippen molar-refractivity contribution in [2.45, 2.75) is 31.5 Å². The molecule has 1 aromatic carbocycles. The highest BCUT2D eigenvalue weighted by Gasteiger charge is 2.36. The van der Waals surface area contributed by atoms with Gasteiger partial charge in [-0.15, -0.1) is 0 Å². The lowest BCUT2D eigenvalue weighted by molar-refractivity contribution is -0.137. The molecule has 5 heteroatoms. The highest BCUT2D eigenvalue weighted by Crippen LogP contribution is 2.37. The fraction of sp³-hybridized carbons (Fsp3) is 0.600. The number of nitrogens with zero attached hydrogens (tertiary/aromatic N) is 2. The molecule has 3 rings (SSSR count). The van der Waals surface area contributed by atoms with Gasteiger partial charge in [0, 0.05) is 31.4 Å². The van der Waals surface area contributed by atoms with Crippen LogP contribution in [0.25, 0.3) is 0 Å². The maximum atomic E-state index is 13.1. The van der Waals surface area contributed by atoms with Crippen LogP contribution in [0.15, 0.2) is 24.3 Å². The fourth-order valence-corrected chi connectivity index (χ4v) is 3.36. The summed E-state index contributed by atoms with van der Waals surface area (Å²) in [4.78, 5) is 4.34. The summed E-state index contributed by atoms with van der Waals surface area (Å²) in [7, 11) is 0. The first kappa shape index (κ1) is 13.7. The average Bonchev–Trinajstić information content (AvgIpc) is 2.46. The Kier molecular flexibility index (Phi) is 3.63. The molecule has 20 heavy (non-hydrogen) atoms. The number of anilines is 1. The average molecular weight is 284 g/mol. The molecule has 2 aliphatic rings. The molecule has 2 heterocycles. The van der Waals surface area contributed by atoms with Gasteiger partial charge < -0.3 is 4.90 Å². The van der Waals surface area contributed by atoms with Crippen LogP contribution in [0.1, 0.15) is 24.8 Å². The van der Waals surface area contributed by atoms with Gasteiger partial charge in [-0.05, 0) is 31.5 Å². The van der Waals surface area contributed by atoms with E-state index in [0.29, 0.717) is 24.8 Å². The second-order valence-corrected chi connectivity index (χ2v) is 5.65. The van der Waals surface area contributed by atoms with Gasteiger partial charge in [-0.2, -0.15) is 13.2 Å². The first-order chi connectivity index (χ1) is 9.55. The Balaban J connectivity index is 1.83. The van der Waals surface area contributed by atoms with Crippen molar-refractivity contribution in [3.05, 3.63) is 29.8 Å². The van der Waals surface area contributed by atoms with Gasteiger partial charge >= 0.3 is 6.18 Å². The molecule has 0 aromatic heterocycles. The Labute approximate surface area is 117 Å². The van der Waals surface area contributed by atoms with Crippen LogP contribution in [0.5, 0.6) is 0 Å². The number of piperidine rings is 1. The Hall–Kier alpha value is -1.23. The normalized spacial score (nSPS) is 24.6. The van der Waals surface area contributed by atoms with Gasteiger partial charge in [-0.3, -0.25) is 4.90 Å². The highest BCUT2D eigenvalue weighted by molar-refractivity contribution is 5.55. The Morgan fingerprint density at radius 3 is 2.60 bits per heavy atom. The quantitative estimate of drug-likeness (QED) is 0.780. The van der Waals surface area contributed by atoms with Crippen molar-refractivity contribution >= 4 is 5.69 Å². The predicted molar refractivity (Wildman–Crippen MR) is 72.9 cm³/mol. The number of para-hydroxylation sites is 1. The number of fused-ring (bicyclic) bond motifs is 1. The molecule has 0 aliphatic carbocycles. The van der Waals surface area contributed by atoms with E-state index in [1.807, 2.05) is 4.90 Å². The zero-order chi connectivity index (χ0) is 14.2. The van der Waals surface area contributed by atoms with E-state index in [9.17, 15) is 13.2 Å². The molecule has 0 saturated carbocycles. The first-order valence-electron chi connectivity index (χ1n) is 7.21. The Morgan fingerprint density at radius 1 is 1.00 bits per heavy atom. The molecule has 1 aromatic rings. The van der Waals surface area contributed by atoms with Crippen LogP contribution in [0.2, 0.25) is 0 Å². The number of piperazine rings is 1. The molecule has 2 saturated heterocycles. The number of hydrogen-bond acceptors (Lipinski definition) is 2. The van der Waals surface area contributed by atoms with E-state index in [1.54, 1.807) is 12.1 Å². The molecule has 1 atom stereocenters. The summed E-state index contributed by atoms with van der Waals surface area (Å²) >= 11 is 0. The fourth-order valence-electron chi connectivity index (χ4n) is 3.36. The van der Waals surface area contributed by atoms with E-state index >= 15 is 0 Å². The SMILES string of the molecule is FC(F)(F)c1ccccc1N1CCN2CCCCC2C1. The summed E-state index contributed by atoms with van der Waals surface area (Å²) in [6.45, 7) is 3.37. The predicted octanol–water partition coefficient (Wildman–Crippen LogP) is 3.38. The van der Waals surface area contributed by atoms with Gasteiger partial charge in [-0.25, -0.2) is 0 Å². The maximum Gasteiger partial charge on any atom is 0.418 e. The molecule has 0 amide bonds. The minimum atomic E-state index is -4.28. The highest BCUT2D eigenvalue weighted by atomic mass is 19.4. The molecule has 0 radical (unpaired) electrons. The molecule has 2 fully saturated rings. The lowest BCUT2D eigenvalue weighted by Crippen LogP contribution is -2.55. The summed E-state index contributed by atoms with van der Waals surface area (Å²) in [6.07, 6.45) is -0.767. The van der Waals surface area contributed by atoms with E-state index in [4.69, 9.17) is 0 Å². The van der Waals surface area contributed by atoms with E-state index in [1.165, 1.54) is 25.0 Å². The molecular weight excluding hydrogens is 265 g/mol. The second-order valence-electron chi connectivity index (χ2n) is 5.65. The minimum Gasteiger partial charge on any atom is -0.368 e. The van der Waals surface area contributed by atoms with Crippen molar-refractivity contribution in [1.29, 1.82) is 0 Å². The summed E-state index contributed by atoms with van der Waals surface area (Å²) in [5.41, 5.74) is -0.172. The molecule has 0 N–H and O–H groups in total. The topological polar surface area (TPSA) is 6.48 Å². The minimum absolute atomic E-state index is 0.338. The summed E-state index contributed by atoms with van der Waals surface area (Å²) in [5, 5.41) is 0. The lowest BCUT2D eigenvalue weighted by Gasteiger charge is -2.45. The monoisotopic (exact) mass is 284 g/mol. The molecule has 0 spiro atoms. The van der Waals surface area contributed by atoms with Crippen LogP contribution < -0.4 is 4.90 Å². The standard InChI is InChI=1S/C15H19F3N2/c16-15(17,18)13-6-1-2-7-14(13)20-10-9-19-8-4-3-5-12(19)11-20/h1-2,6-7,12H,3-5,8-11H2. The van der Waals surface area contributed by atoms with Crippen molar-refractivity contribution < 1.29 is 13.2 Å². The van der Waals surface area contributed by atoms with Crippen molar-refractivity contribution in [2.24, 2.45) is 0 Å². The van der Waals surface area contributed by atoms with Crippen LogP contribution >= 0.6 is 0 Å². The summed E-state index contributed by atoms with van der Waals surface area (Å²) in [6, 6.07) is 6.35. The first-order valence-corrected chi connectivity index (χ1v) is 7.21. The van der Waals surface area contributed by atoms with Crippen molar-refractivity contribution in [3.8, 4) is 0 Å². The van der Waals surface area contributed by atoms with Gasteiger partial charge in [0.1, 0.15) is 0 Å². The van der Waals surface area contributed by atoms with E-state index in [2.05, 4.69) is 4.90 Å². The van der Waals surface area contributed by atoms with E-state index < -0.39 is 11.7 Å². The number of hydrogen-bond donors (Lipinski definition) is 0. The largest absolute Gasteiger partial charge is 0.418 e. The van der Waals surface area contributed by atoms with Crippen molar-refractivity contribution in [1.82, 2.24) is 4.90 Å². The summed E-state index contributed by atoms with van der Waals surface area (Å²) in [5.74, 6) is 0. The van der Waals surface area contributed by atoms with E-state index in [0.717, 1.165) is 19.5 Å². The van der Waals surface area contributed by atoms with Crippen LogP contribution in [0.3, 0.4) is 0 Å². The molecule has 1 unspecified atom stereocenters. The summed E-state index contributed by atoms with van der Waals surface area (Å²) < 4.78 is 39.3. The second kappa shape index (κ2) is 5.28. The third kappa shape index (κ3) is 2.64. The van der Waals surface area contributed by atoms with Crippen LogP contribution in [-0.2, 0) is 6.18 Å². The third-order valence-electron chi connectivity index (χ3n) is 4.39. The van der Waals surface area contributed by atoms with Gasteiger partial charge in [-0.1, -0.05) is 18.6 Å². The van der Waals surface area contributed by atoms with Crippen LogP contribution in [0, 0.1) is 0 Å². The Bertz CT molecular complexity index is 472. The van der Waals surface area contributed by atoms with Crippen LogP contribution in [-0.4, -0.2) is 37.1 Å². The van der Waals surface area contributed by atoms with Crippen molar-refractivity contribution in [3.63, 3.8) is 0 Å². The smallest absolute Gasteiger partial charge is 0.368 e. The zero-order valence-corrected chi connectivity index (χ0v) is 11.4. The lowest BCUT2D eigenvalue weighted by atomic mass is 9.98. The number of halogens is 3. The zero-order valence-electron chi connectivity index (χ0n) is 11.4. The molecule has 2 nitrogen and oxygen atoms in total. The number of alkyl halides is 3. The Morgan fingerprint density at radius 2 is 1.80 bits per heavy atom. The number of benzene rings is 1. The molecule has 110 valence electrons. The number of rotatable bonds is 1. The molecule has 2 aliphatic heterocycles. The van der Waals surface area contributed by atoms with Gasteiger partial charge in [0.15, 0.2) is 0 Å². The molecular formula is C15H19F3N2. The van der Waals surface area contributed by atoms with E-state index in [-0.39, 0.29) is 0 Å². The third-order valence-corrected chi connectivity index (χ3v) is 4.39. The molecule has 0 bridgehead atoms. The van der Waals surface area contributed by atoms with Gasteiger partial charge in [0.25, 0.3) is 0 Å². The van der Waals surface area contributed by atoms with Crippen LogP contribution in [0.4, 0.5) is 18.9 Å². The van der Waals surface area contributed by atoms with Gasteiger partial charge in [0.05, 0.1) is 5.56 Å². The van der Waals surface area contributed by atoms with Crippen molar-refractivity contribution in [2.75, 3.05) is 31.1 Å². The van der Waals surface area contributed by atoms with Gasteiger partial charge in [0.2, 0.25) is 0 Å².